The van der Waals surface area contributed by atoms with Gasteiger partial charge in [-0.05, 0) is 37.6 Å². The van der Waals surface area contributed by atoms with E-state index in [4.69, 9.17) is 0 Å². The van der Waals surface area contributed by atoms with Crippen molar-refractivity contribution >= 4 is 21.7 Å². The average molecular weight is 428 g/mol. The Morgan fingerprint density at radius 3 is 2.40 bits per heavy atom. The Morgan fingerprint density at radius 1 is 1.00 bits per heavy atom. The fourth-order valence-electron chi connectivity index (χ4n) is 3.03. The zero-order valence-electron chi connectivity index (χ0n) is 16.9. The zero-order chi connectivity index (χ0) is 21.6. The molecule has 0 aliphatic heterocycles. The summed E-state index contributed by atoms with van der Waals surface area (Å²) >= 11 is 0. The van der Waals surface area contributed by atoms with Crippen LogP contribution in [0.2, 0.25) is 0 Å². The lowest BCUT2D eigenvalue weighted by Gasteiger charge is -2.13. The average Bonchev–Trinajstić information content (AvgIpc) is 3.04. The molecule has 0 aliphatic rings. The molecule has 0 radical (unpaired) electrons. The number of benzene rings is 2. The van der Waals surface area contributed by atoms with Gasteiger partial charge in [-0.25, -0.2) is 22.6 Å². The number of rotatable bonds is 8. The van der Waals surface area contributed by atoms with Gasteiger partial charge in [0.15, 0.2) is 0 Å². The van der Waals surface area contributed by atoms with Gasteiger partial charge in [-0.3, -0.25) is 0 Å². The van der Waals surface area contributed by atoms with E-state index in [2.05, 4.69) is 20.5 Å². The third-order valence-corrected chi connectivity index (χ3v) is 5.68. The van der Waals surface area contributed by atoms with Crippen LogP contribution in [0.5, 0.6) is 0 Å². The minimum Gasteiger partial charge on any atom is -0.337 e. The quantitative estimate of drug-likeness (QED) is 0.481. The smallest absolute Gasteiger partial charge is 0.319 e. The number of aryl methyl sites for hydroxylation is 2. The Labute approximate surface area is 176 Å². The van der Waals surface area contributed by atoms with Crippen LogP contribution in [-0.4, -0.2) is 37.3 Å². The number of aromatic nitrogens is 2. The molecule has 30 heavy (non-hydrogen) atoms. The number of hydrogen-bond donors (Lipinski definition) is 3. The highest BCUT2D eigenvalue weighted by Gasteiger charge is 2.12. The van der Waals surface area contributed by atoms with Gasteiger partial charge in [0, 0.05) is 18.8 Å². The lowest BCUT2D eigenvalue weighted by atomic mass is 10.2. The van der Waals surface area contributed by atoms with Gasteiger partial charge in [-0.2, -0.15) is 5.10 Å². The van der Waals surface area contributed by atoms with Crippen LogP contribution in [0.1, 0.15) is 17.0 Å². The van der Waals surface area contributed by atoms with E-state index in [-0.39, 0.29) is 18.8 Å². The summed E-state index contributed by atoms with van der Waals surface area (Å²) < 4.78 is 28.5. The van der Waals surface area contributed by atoms with E-state index in [1.54, 1.807) is 35.0 Å². The lowest BCUT2D eigenvalue weighted by molar-refractivity contribution is 0.252. The number of hydrogen-bond acceptors (Lipinski definition) is 4. The molecule has 0 saturated heterocycles. The summed E-state index contributed by atoms with van der Waals surface area (Å²) in [5.41, 5.74) is 3.90. The van der Waals surface area contributed by atoms with Gasteiger partial charge in [-0.1, -0.05) is 42.5 Å². The normalized spacial score (nSPS) is 11.3. The molecule has 1 aromatic heterocycles. The zero-order valence-corrected chi connectivity index (χ0v) is 17.7. The third-order valence-electron chi connectivity index (χ3n) is 4.32. The minimum atomic E-state index is -3.47. The largest absolute Gasteiger partial charge is 0.337 e. The van der Waals surface area contributed by atoms with Crippen molar-refractivity contribution in [2.45, 2.75) is 19.6 Å². The van der Waals surface area contributed by atoms with E-state index < -0.39 is 16.1 Å². The second-order valence-corrected chi connectivity index (χ2v) is 8.68. The predicted octanol–water partition coefficient (Wildman–Crippen LogP) is 2.73. The second kappa shape index (κ2) is 9.55. The van der Waals surface area contributed by atoms with Gasteiger partial charge in [0.2, 0.25) is 10.0 Å². The number of carbonyl (C=O) groups excluding carboxylic acids is 1. The summed E-state index contributed by atoms with van der Waals surface area (Å²) in [4.78, 5) is 12.3. The first-order valence-electron chi connectivity index (χ1n) is 9.53. The molecule has 0 saturated carbocycles. The van der Waals surface area contributed by atoms with E-state index >= 15 is 0 Å². The van der Waals surface area contributed by atoms with E-state index in [1.807, 2.05) is 44.2 Å². The summed E-state index contributed by atoms with van der Waals surface area (Å²) in [5.74, 6) is -0.101. The number of para-hydroxylation sites is 2. The Kier molecular flexibility index (Phi) is 6.86. The molecule has 0 unspecified atom stereocenters. The number of urea groups is 1. The Morgan fingerprint density at radius 2 is 1.70 bits per heavy atom. The molecule has 0 bridgehead atoms. The summed E-state index contributed by atoms with van der Waals surface area (Å²) in [6.07, 6.45) is 0. The van der Waals surface area contributed by atoms with Crippen molar-refractivity contribution < 1.29 is 13.2 Å². The lowest BCUT2D eigenvalue weighted by Crippen LogP contribution is -2.37. The fourth-order valence-corrected chi connectivity index (χ4v) is 4.18. The van der Waals surface area contributed by atoms with Gasteiger partial charge in [-0.15, -0.1) is 0 Å². The van der Waals surface area contributed by atoms with Crippen molar-refractivity contribution in [3.05, 3.63) is 77.6 Å². The summed E-state index contributed by atoms with van der Waals surface area (Å²) in [7, 11) is -3.47. The highest BCUT2D eigenvalue weighted by Crippen LogP contribution is 2.21. The van der Waals surface area contributed by atoms with E-state index in [1.165, 1.54) is 0 Å². The Bertz CT molecular complexity index is 1110. The number of sulfonamides is 1. The highest BCUT2D eigenvalue weighted by molar-refractivity contribution is 7.88. The van der Waals surface area contributed by atoms with Gasteiger partial charge in [0.05, 0.1) is 22.8 Å². The Balaban J connectivity index is 1.52. The molecule has 0 atom stereocenters. The van der Waals surface area contributed by atoms with E-state index in [0.29, 0.717) is 11.3 Å². The van der Waals surface area contributed by atoms with Crippen molar-refractivity contribution in [2.75, 3.05) is 18.4 Å². The Hall–Kier alpha value is -3.17. The molecule has 158 valence electrons. The third kappa shape index (κ3) is 5.91. The molecule has 0 aliphatic carbocycles. The first kappa shape index (κ1) is 21.5. The van der Waals surface area contributed by atoms with E-state index in [9.17, 15) is 13.2 Å². The molecule has 3 N–H and O–H groups in total. The molecule has 8 nitrogen and oxygen atoms in total. The van der Waals surface area contributed by atoms with Crippen molar-refractivity contribution in [2.24, 2.45) is 0 Å². The number of anilines is 1. The summed E-state index contributed by atoms with van der Waals surface area (Å²) in [6, 6.07) is 17.8. The molecule has 2 aromatic carbocycles. The molecule has 1 heterocycles. The van der Waals surface area contributed by atoms with Crippen LogP contribution >= 0.6 is 0 Å². The van der Waals surface area contributed by atoms with Gasteiger partial charge in [0.25, 0.3) is 0 Å². The number of nitrogens with one attached hydrogen (secondary N) is 3. The summed E-state index contributed by atoms with van der Waals surface area (Å²) in [6.45, 7) is 4.10. The van der Waals surface area contributed by atoms with Gasteiger partial charge < -0.3 is 10.6 Å². The van der Waals surface area contributed by atoms with Crippen LogP contribution in [0.4, 0.5) is 10.5 Å². The maximum absolute atomic E-state index is 12.3. The van der Waals surface area contributed by atoms with E-state index in [0.717, 1.165) is 17.1 Å². The van der Waals surface area contributed by atoms with Crippen LogP contribution < -0.4 is 15.4 Å². The molecule has 3 rings (SSSR count). The number of nitrogens with zero attached hydrogens (tertiary/aromatic N) is 2. The molecule has 0 fully saturated rings. The van der Waals surface area contributed by atoms with Crippen LogP contribution in [-0.2, 0) is 15.8 Å². The van der Waals surface area contributed by atoms with Crippen LogP contribution in [0.15, 0.2) is 60.7 Å². The maximum atomic E-state index is 12.3. The van der Waals surface area contributed by atoms with Crippen molar-refractivity contribution in [3.63, 3.8) is 0 Å². The molecular weight excluding hydrogens is 402 g/mol. The molecule has 3 aromatic rings. The molecular formula is C21H25N5O3S. The predicted molar refractivity (Wildman–Crippen MR) is 117 cm³/mol. The fraction of sp³-hybridized carbons (Fsp3) is 0.238. The monoisotopic (exact) mass is 427 g/mol. The standard InChI is InChI=1S/C21H25N5O3S/c1-16-14-17(2)26(25-16)20-11-7-6-10-19(20)24-21(27)22-12-13-23-30(28,29)15-18-8-4-3-5-9-18/h3-11,14,23H,12-13,15H2,1-2H3,(H2,22,24,27). The van der Waals surface area contributed by atoms with Crippen LogP contribution in [0.3, 0.4) is 0 Å². The first-order valence-corrected chi connectivity index (χ1v) is 11.2. The van der Waals surface area contributed by atoms with Gasteiger partial charge >= 0.3 is 6.03 Å². The van der Waals surface area contributed by atoms with Crippen LogP contribution in [0, 0.1) is 13.8 Å². The topological polar surface area (TPSA) is 105 Å². The minimum absolute atomic E-state index is 0.0989. The highest BCUT2D eigenvalue weighted by atomic mass is 32.2. The number of amides is 2. The molecule has 0 spiro atoms. The van der Waals surface area contributed by atoms with Crippen molar-refractivity contribution in [3.8, 4) is 5.69 Å². The summed E-state index contributed by atoms with van der Waals surface area (Å²) in [5, 5.41) is 9.91. The molecule has 2 amide bonds. The molecule has 9 heteroatoms. The van der Waals surface area contributed by atoms with Crippen molar-refractivity contribution in [1.29, 1.82) is 0 Å². The second-order valence-electron chi connectivity index (χ2n) is 6.88. The van der Waals surface area contributed by atoms with Gasteiger partial charge in [0.1, 0.15) is 0 Å². The number of carbonyl (C=O) groups is 1. The first-order chi connectivity index (χ1) is 14.3. The SMILES string of the molecule is Cc1cc(C)n(-c2ccccc2NC(=O)NCCNS(=O)(=O)Cc2ccccc2)n1. The van der Waals surface area contributed by atoms with Crippen LogP contribution in [0.25, 0.3) is 5.69 Å². The van der Waals surface area contributed by atoms with Crippen molar-refractivity contribution in [1.82, 2.24) is 19.8 Å². The maximum Gasteiger partial charge on any atom is 0.319 e.